The molecule has 240 valence electrons. The Labute approximate surface area is 298 Å². The normalized spacial score (nSPS) is 13.1. The highest BCUT2D eigenvalue weighted by Gasteiger charge is 2.37. The van der Waals surface area contributed by atoms with Gasteiger partial charge < -0.3 is 0 Å². The van der Waals surface area contributed by atoms with Crippen molar-refractivity contribution in [2.45, 2.75) is 13.1 Å². The Bertz CT molecular complexity index is 2830. The van der Waals surface area contributed by atoms with Gasteiger partial charge in [-0.1, -0.05) is 122 Å². The van der Waals surface area contributed by atoms with Crippen LogP contribution in [0.15, 0.2) is 164 Å². The summed E-state index contributed by atoms with van der Waals surface area (Å²) in [4.78, 5) is 14.3. The maximum Gasteiger partial charge on any atom is 0.113 e. The van der Waals surface area contributed by atoms with Gasteiger partial charge in [0.15, 0.2) is 0 Å². The van der Waals surface area contributed by atoms with Gasteiger partial charge in [0.2, 0.25) is 0 Å². The average molecular weight is 668 g/mol. The molecule has 0 saturated carbocycles. The lowest BCUT2D eigenvalue weighted by atomic mass is 9.91. The highest BCUT2D eigenvalue weighted by Crippen LogP contribution is 2.38. The molecule has 4 heterocycles. The molecule has 0 saturated heterocycles. The van der Waals surface area contributed by atoms with E-state index >= 15 is 0 Å². The highest BCUT2D eigenvalue weighted by atomic mass is 28.3. The van der Waals surface area contributed by atoms with Gasteiger partial charge in [-0.15, -0.1) is 0 Å². The Morgan fingerprint density at radius 2 is 0.941 bits per heavy atom. The van der Waals surface area contributed by atoms with Crippen LogP contribution < -0.4 is 10.4 Å². The fourth-order valence-corrected chi connectivity index (χ4v) is 11.2. The minimum absolute atomic E-state index is 0.933. The molecule has 1 aliphatic heterocycles. The van der Waals surface area contributed by atoms with E-state index in [1.165, 1.54) is 43.8 Å². The van der Waals surface area contributed by atoms with Crippen molar-refractivity contribution in [1.82, 2.24) is 15.0 Å². The second kappa shape index (κ2) is 11.4. The quantitative estimate of drug-likeness (QED) is 0.138. The number of hydrogen-bond donors (Lipinski definition) is 0. The molecule has 0 aliphatic carbocycles. The van der Waals surface area contributed by atoms with Gasteiger partial charge >= 0.3 is 0 Å². The molecular weight excluding hydrogens is 635 g/mol. The number of rotatable bonds is 4. The first-order valence-electron chi connectivity index (χ1n) is 17.5. The first kappa shape index (κ1) is 29.7. The second-order valence-electron chi connectivity index (χ2n) is 14.1. The summed E-state index contributed by atoms with van der Waals surface area (Å²) in [5.41, 5.74) is 15.0. The van der Waals surface area contributed by atoms with Gasteiger partial charge in [-0.2, -0.15) is 0 Å². The molecule has 0 radical (unpaired) electrons. The van der Waals surface area contributed by atoms with Crippen molar-refractivity contribution in [3.05, 3.63) is 164 Å². The number of hydrogen-bond acceptors (Lipinski definition) is 3. The third kappa shape index (κ3) is 4.83. The summed E-state index contributed by atoms with van der Waals surface area (Å²) in [6.07, 6.45) is 5.69. The molecule has 0 atom stereocenters. The van der Waals surface area contributed by atoms with Crippen LogP contribution in [0.4, 0.5) is 0 Å². The predicted octanol–water partition coefficient (Wildman–Crippen LogP) is 10.8. The van der Waals surface area contributed by atoms with Gasteiger partial charge in [0.25, 0.3) is 0 Å². The molecule has 1 aliphatic rings. The zero-order valence-electron chi connectivity index (χ0n) is 28.4. The van der Waals surface area contributed by atoms with Gasteiger partial charge in [-0.3, -0.25) is 15.0 Å². The van der Waals surface area contributed by atoms with Gasteiger partial charge in [-0.05, 0) is 91.3 Å². The number of benzene rings is 6. The molecule has 3 nitrogen and oxygen atoms in total. The second-order valence-corrected chi connectivity index (χ2v) is 18.5. The van der Waals surface area contributed by atoms with Gasteiger partial charge in [0.05, 0.1) is 16.6 Å². The van der Waals surface area contributed by atoms with Crippen molar-refractivity contribution in [3.63, 3.8) is 0 Å². The van der Waals surface area contributed by atoms with Gasteiger partial charge in [0, 0.05) is 45.9 Å². The van der Waals surface area contributed by atoms with E-state index in [9.17, 15) is 0 Å². The van der Waals surface area contributed by atoms with E-state index < -0.39 is 8.07 Å². The zero-order valence-corrected chi connectivity index (χ0v) is 29.4. The zero-order chi connectivity index (χ0) is 34.1. The summed E-state index contributed by atoms with van der Waals surface area (Å²) in [6.45, 7) is 4.97. The Kier molecular flexibility index (Phi) is 6.64. The lowest BCUT2D eigenvalue weighted by Gasteiger charge is -2.20. The van der Waals surface area contributed by atoms with E-state index in [1.54, 1.807) is 0 Å². The van der Waals surface area contributed by atoms with Gasteiger partial charge in [-0.25, -0.2) is 0 Å². The Morgan fingerprint density at radius 3 is 1.76 bits per heavy atom. The topological polar surface area (TPSA) is 38.7 Å². The van der Waals surface area contributed by atoms with Crippen molar-refractivity contribution < 1.29 is 0 Å². The van der Waals surface area contributed by atoms with Crippen LogP contribution in [0.5, 0.6) is 0 Å². The molecular formula is C47H33N3Si. The number of nitrogens with zero attached hydrogens (tertiary/aromatic N) is 3. The van der Waals surface area contributed by atoms with Crippen LogP contribution in [0.2, 0.25) is 13.1 Å². The van der Waals surface area contributed by atoms with E-state index in [2.05, 4.69) is 152 Å². The fourth-order valence-electron chi connectivity index (χ4n) is 8.09. The van der Waals surface area contributed by atoms with E-state index in [-0.39, 0.29) is 0 Å². The molecule has 6 aromatic carbocycles. The largest absolute Gasteiger partial charge is 0.256 e. The average Bonchev–Trinajstić information content (AvgIpc) is 3.42. The number of aromatic nitrogens is 3. The third-order valence-corrected chi connectivity index (χ3v) is 14.3. The van der Waals surface area contributed by atoms with Crippen molar-refractivity contribution in [2.75, 3.05) is 0 Å². The van der Waals surface area contributed by atoms with Crippen LogP contribution in [-0.4, -0.2) is 23.0 Å². The molecule has 0 unspecified atom stereocenters. The molecule has 0 N–H and O–H groups in total. The molecule has 51 heavy (non-hydrogen) atoms. The number of fused-ring (bicyclic) bond motifs is 7. The predicted molar refractivity (Wildman–Crippen MR) is 216 cm³/mol. The van der Waals surface area contributed by atoms with Crippen LogP contribution in [0.1, 0.15) is 0 Å². The van der Waals surface area contributed by atoms with E-state index in [0.29, 0.717) is 0 Å². The van der Waals surface area contributed by atoms with Crippen molar-refractivity contribution in [2.24, 2.45) is 0 Å². The first-order valence-corrected chi connectivity index (χ1v) is 20.5. The third-order valence-electron chi connectivity index (χ3n) is 10.8. The maximum absolute atomic E-state index is 4.86. The highest BCUT2D eigenvalue weighted by molar-refractivity contribution is 7.03. The van der Waals surface area contributed by atoms with Crippen LogP contribution in [0, 0.1) is 0 Å². The molecule has 10 rings (SSSR count). The van der Waals surface area contributed by atoms with Crippen molar-refractivity contribution in [3.8, 4) is 55.6 Å². The Morgan fingerprint density at radius 1 is 0.353 bits per heavy atom. The van der Waals surface area contributed by atoms with Gasteiger partial charge in [0.1, 0.15) is 8.07 Å². The minimum atomic E-state index is -1.83. The molecule has 0 bridgehead atoms. The van der Waals surface area contributed by atoms with Crippen molar-refractivity contribution in [1.29, 1.82) is 0 Å². The molecule has 4 heteroatoms. The lowest BCUT2D eigenvalue weighted by Crippen LogP contribution is -2.49. The molecule has 3 aromatic heterocycles. The fraction of sp³-hybridized carbons (Fsp3) is 0.0426. The van der Waals surface area contributed by atoms with E-state index in [4.69, 9.17) is 9.97 Å². The Balaban J connectivity index is 1.09. The summed E-state index contributed by atoms with van der Waals surface area (Å²) in [6, 6.07) is 53.2. The molecule has 0 spiro atoms. The molecule has 0 amide bonds. The number of para-hydroxylation sites is 1. The van der Waals surface area contributed by atoms with Crippen LogP contribution in [-0.2, 0) is 0 Å². The SMILES string of the molecule is C[Si]1(C)c2ccccc2-c2ccc(-c3cc(-c4ccc(-c5cnc6c(ccc7cccnc76)c5)cc4)cc(-c4cccc5cccnc45)c3)cc21. The summed E-state index contributed by atoms with van der Waals surface area (Å²) in [7, 11) is -1.83. The summed E-state index contributed by atoms with van der Waals surface area (Å²) in [5, 5.41) is 6.37. The van der Waals surface area contributed by atoms with Crippen molar-refractivity contribution >= 4 is 51.2 Å². The van der Waals surface area contributed by atoms with Crippen LogP contribution in [0.3, 0.4) is 0 Å². The monoisotopic (exact) mass is 667 g/mol. The van der Waals surface area contributed by atoms with Crippen LogP contribution in [0.25, 0.3) is 88.3 Å². The van der Waals surface area contributed by atoms with E-state index in [1.807, 2.05) is 30.7 Å². The molecule has 0 fully saturated rings. The van der Waals surface area contributed by atoms with E-state index in [0.717, 1.165) is 55.0 Å². The summed E-state index contributed by atoms with van der Waals surface area (Å²) in [5.74, 6) is 0. The lowest BCUT2D eigenvalue weighted by molar-refractivity contribution is 1.37. The maximum atomic E-state index is 4.86. The number of pyridine rings is 3. The summed E-state index contributed by atoms with van der Waals surface area (Å²) < 4.78 is 0. The smallest absolute Gasteiger partial charge is 0.113 e. The Hall–Kier alpha value is -6.23. The standard InChI is InChI=1S/C47H33N3Si/c1-51(2)43-13-4-3-11-41(43)42-21-20-34(28-44(42)51)37-25-36(26-38(27-37)40-12-5-8-32-9-6-22-48-45(32)40)30-14-16-31(17-15-30)39-24-35-19-18-33-10-7-23-49-46(33)47(35)50-29-39/h3-29H,1-2H3. The summed E-state index contributed by atoms with van der Waals surface area (Å²) >= 11 is 0. The molecule has 9 aromatic rings. The minimum Gasteiger partial charge on any atom is -0.256 e. The first-order chi connectivity index (χ1) is 25.0. The van der Waals surface area contributed by atoms with Crippen LogP contribution >= 0.6 is 0 Å².